The molecule has 3 aliphatic rings. The van der Waals surface area contributed by atoms with E-state index in [1.807, 2.05) is 35.2 Å². The zero-order chi connectivity index (χ0) is 28.1. The third-order valence-corrected chi connectivity index (χ3v) is 8.51. The van der Waals surface area contributed by atoms with Crippen molar-refractivity contribution in [1.82, 2.24) is 15.1 Å². The predicted molar refractivity (Wildman–Crippen MR) is 159 cm³/mol. The number of nitrogens with zero attached hydrogens (tertiary/aromatic N) is 2. The van der Waals surface area contributed by atoms with Crippen LogP contribution in [0.1, 0.15) is 74.2 Å². The van der Waals surface area contributed by atoms with Crippen LogP contribution in [0.5, 0.6) is 11.5 Å². The molecule has 2 aromatic carbocycles. The number of allylic oxidation sites excluding steroid dienone is 1. The zero-order valence-electron chi connectivity index (χ0n) is 23.6. The summed E-state index contributed by atoms with van der Waals surface area (Å²) in [5, 5.41) is 12.1. The number of piperidine rings is 1. The van der Waals surface area contributed by atoms with Crippen LogP contribution in [-0.2, 0) is 16.1 Å². The van der Waals surface area contributed by atoms with E-state index in [1.165, 1.54) is 31.4 Å². The van der Waals surface area contributed by atoms with Crippen LogP contribution in [0.15, 0.2) is 60.3 Å². The van der Waals surface area contributed by atoms with Gasteiger partial charge in [-0.15, -0.1) is 12.4 Å². The summed E-state index contributed by atoms with van der Waals surface area (Å²) in [6.45, 7) is 4.87. The Labute approximate surface area is 248 Å². The number of piperazine rings is 1. The largest absolute Gasteiger partial charge is 0.478 e. The molecule has 0 atom stereocenters. The number of carbonyl (C=O) groups is 3. The molecule has 0 radical (unpaired) electrons. The average Bonchev–Trinajstić information content (AvgIpc) is 2.97. The van der Waals surface area contributed by atoms with Gasteiger partial charge >= 0.3 is 5.97 Å². The fraction of sp³-hybridized carbons (Fsp3) is 0.469. The van der Waals surface area contributed by atoms with Crippen molar-refractivity contribution in [2.45, 2.75) is 70.4 Å². The van der Waals surface area contributed by atoms with Crippen molar-refractivity contribution in [3.8, 4) is 11.5 Å². The molecule has 2 aliphatic heterocycles. The molecule has 5 rings (SSSR count). The van der Waals surface area contributed by atoms with Crippen LogP contribution in [0.25, 0.3) is 0 Å². The van der Waals surface area contributed by atoms with Crippen LogP contribution in [0, 0.1) is 5.92 Å². The fourth-order valence-electron chi connectivity index (χ4n) is 6.24. The molecule has 9 heteroatoms. The highest BCUT2D eigenvalue weighted by Crippen LogP contribution is 2.35. The van der Waals surface area contributed by atoms with E-state index in [1.54, 1.807) is 12.1 Å². The van der Waals surface area contributed by atoms with Gasteiger partial charge in [-0.25, -0.2) is 4.79 Å². The summed E-state index contributed by atoms with van der Waals surface area (Å²) in [7, 11) is 0. The lowest BCUT2D eigenvalue weighted by Gasteiger charge is -2.50. The summed E-state index contributed by atoms with van der Waals surface area (Å²) < 4.78 is 5.85. The number of rotatable bonds is 8. The molecule has 0 unspecified atom stereocenters. The van der Waals surface area contributed by atoms with Gasteiger partial charge in [0.2, 0.25) is 0 Å². The van der Waals surface area contributed by atoms with Gasteiger partial charge in [-0.05, 0) is 80.0 Å². The van der Waals surface area contributed by atoms with Gasteiger partial charge in [0, 0.05) is 26.2 Å². The van der Waals surface area contributed by atoms with Crippen LogP contribution in [0.2, 0.25) is 0 Å². The molecule has 3 fully saturated rings. The van der Waals surface area contributed by atoms with Crippen molar-refractivity contribution in [3.05, 3.63) is 71.4 Å². The minimum Gasteiger partial charge on any atom is -0.478 e. The third kappa shape index (κ3) is 6.93. The Morgan fingerprint density at radius 1 is 1.00 bits per heavy atom. The number of amides is 2. The highest BCUT2D eigenvalue weighted by molar-refractivity contribution is 6.06. The summed E-state index contributed by atoms with van der Waals surface area (Å²) in [5.41, 5.74) is 1.06. The first-order valence-electron chi connectivity index (χ1n) is 14.6. The second kappa shape index (κ2) is 13.5. The number of aromatic carboxylic acids is 1. The van der Waals surface area contributed by atoms with E-state index in [0.29, 0.717) is 42.5 Å². The Bertz CT molecular complexity index is 1250. The van der Waals surface area contributed by atoms with Gasteiger partial charge in [-0.2, -0.15) is 0 Å². The lowest BCUT2D eigenvalue weighted by atomic mass is 9.81. The Morgan fingerprint density at radius 2 is 1.61 bits per heavy atom. The highest BCUT2D eigenvalue weighted by Gasteiger charge is 2.52. The predicted octanol–water partition coefficient (Wildman–Crippen LogP) is 5.77. The van der Waals surface area contributed by atoms with Gasteiger partial charge < -0.3 is 20.1 Å². The fourth-order valence-corrected chi connectivity index (χ4v) is 6.24. The Balaban J connectivity index is 0.00000387. The number of likely N-dealkylation sites (tertiary alicyclic amines) is 1. The third-order valence-electron chi connectivity index (χ3n) is 8.51. The molecule has 1 spiro atoms. The van der Waals surface area contributed by atoms with E-state index < -0.39 is 11.5 Å². The van der Waals surface area contributed by atoms with Crippen molar-refractivity contribution >= 4 is 30.2 Å². The number of carbonyl (C=O) groups excluding carboxylic acids is 2. The van der Waals surface area contributed by atoms with Gasteiger partial charge in [0.25, 0.3) is 11.8 Å². The molecular formula is C32H40ClN3O5. The summed E-state index contributed by atoms with van der Waals surface area (Å²) in [6, 6.07) is 14.2. The molecule has 1 aliphatic carbocycles. The van der Waals surface area contributed by atoms with E-state index >= 15 is 0 Å². The molecule has 1 saturated carbocycles. The monoisotopic (exact) mass is 581 g/mol. The Morgan fingerprint density at radius 3 is 2.20 bits per heavy atom. The van der Waals surface area contributed by atoms with Crippen LogP contribution in [-0.4, -0.2) is 57.9 Å². The molecular weight excluding hydrogens is 542 g/mol. The number of halogens is 1. The van der Waals surface area contributed by atoms with Crippen molar-refractivity contribution in [2.75, 3.05) is 19.6 Å². The summed E-state index contributed by atoms with van der Waals surface area (Å²) in [6.07, 6.45) is 9.90. The van der Waals surface area contributed by atoms with Crippen molar-refractivity contribution in [2.24, 2.45) is 5.92 Å². The van der Waals surface area contributed by atoms with E-state index in [2.05, 4.69) is 17.1 Å². The van der Waals surface area contributed by atoms with E-state index in [4.69, 9.17) is 9.84 Å². The maximum absolute atomic E-state index is 13.6. The SMILES string of the molecule is CCCN1C(=O)/C(=C/C2CCCCC2)NC(=O)C12CCN(Cc1ccc(Oc3ccc(C(=O)O)cc3)cc1)CC2.Cl. The van der Waals surface area contributed by atoms with Gasteiger partial charge in [-0.1, -0.05) is 44.4 Å². The summed E-state index contributed by atoms with van der Waals surface area (Å²) in [5.74, 6) is 0.613. The quantitative estimate of drug-likeness (QED) is 0.384. The van der Waals surface area contributed by atoms with Gasteiger partial charge in [0.05, 0.1) is 5.56 Å². The first-order chi connectivity index (χ1) is 19.4. The molecule has 0 aromatic heterocycles. The number of hydrogen-bond donors (Lipinski definition) is 2. The van der Waals surface area contributed by atoms with Crippen LogP contribution >= 0.6 is 12.4 Å². The lowest BCUT2D eigenvalue weighted by molar-refractivity contribution is -0.154. The highest BCUT2D eigenvalue weighted by atomic mass is 35.5. The lowest BCUT2D eigenvalue weighted by Crippen LogP contribution is -2.69. The number of nitrogens with one attached hydrogen (secondary N) is 1. The number of ether oxygens (including phenoxy) is 1. The molecule has 2 heterocycles. The summed E-state index contributed by atoms with van der Waals surface area (Å²) >= 11 is 0. The van der Waals surface area contributed by atoms with Gasteiger partial charge in [0.1, 0.15) is 22.7 Å². The molecule has 0 bridgehead atoms. The molecule has 220 valence electrons. The van der Waals surface area contributed by atoms with E-state index in [0.717, 1.165) is 44.5 Å². The second-order valence-electron chi connectivity index (χ2n) is 11.3. The minimum atomic E-state index is -0.968. The van der Waals surface area contributed by atoms with E-state index in [9.17, 15) is 14.4 Å². The topological polar surface area (TPSA) is 99.2 Å². The molecule has 2 N–H and O–H groups in total. The number of carboxylic acids is 1. The Hall–Kier alpha value is -3.36. The second-order valence-corrected chi connectivity index (χ2v) is 11.3. The van der Waals surface area contributed by atoms with Crippen molar-refractivity contribution in [1.29, 1.82) is 0 Å². The molecule has 2 aromatic rings. The number of benzene rings is 2. The van der Waals surface area contributed by atoms with Crippen molar-refractivity contribution in [3.63, 3.8) is 0 Å². The molecule has 2 saturated heterocycles. The minimum absolute atomic E-state index is 0. The average molecular weight is 582 g/mol. The maximum atomic E-state index is 13.6. The normalized spacial score (nSPS) is 20.5. The number of hydrogen-bond acceptors (Lipinski definition) is 5. The Kier molecular flexibility index (Phi) is 10.1. The van der Waals surface area contributed by atoms with Crippen LogP contribution in [0.3, 0.4) is 0 Å². The molecule has 41 heavy (non-hydrogen) atoms. The zero-order valence-corrected chi connectivity index (χ0v) is 24.5. The van der Waals surface area contributed by atoms with Gasteiger partial charge in [-0.3, -0.25) is 14.5 Å². The van der Waals surface area contributed by atoms with Crippen LogP contribution in [0.4, 0.5) is 0 Å². The molecule has 8 nitrogen and oxygen atoms in total. The van der Waals surface area contributed by atoms with E-state index in [-0.39, 0.29) is 29.8 Å². The maximum Gasteiger partial charge on any atom is 0.335 e. The molecule has 2 amide bonds. The standard InChI is InChI=1S/C32H39N3O5.ClH/c1-2-18-35-29(36)28(21-23-6-4-3-5-7-23)33-31(39)32(35)16-19-34(20-17-32)22-24-8-12-26(13-9-24)40-27-14-10-25(11-15-27)30(37)38;/h8-15,21,23H,2-7,16-20,22H2,1H3,(H,33,39)(H,37,38);1H/b28-21-;. The van der Waals surface area contributed by atoms with Gasteiger partial charge in [0.15, 0.2) is 0 Å². The van der Waals surface area contributed by atoms with Crippen LogP contribution < -0.4 is 10.1 Å². The smallest absolute Gasteiger partial charge is 0.335 e. The summed E-state index contributed by atoms with van der Waals surface area (Å²) in [4.78, 5) is 42.4. The first kappa shape index (κ1) is 30.6. The van der Waals surface area contributed by atoms with Crippen molar-refractivity contribution < 1.29 is 24.2 Å². The first-order valence-corrected chi connectivity index (χ1v) is 14.6. The number of carboxylic acid groups (broad SMARTS) is 1.